The molecule has 0 aliphatic heterocycles. The molecule has 0 saturated heterocycles. The average molecular weight is 257 g/mol. The Morgan fingerprint density at radius 3 is 2.74 bits per heavy atom. The van der Waals surface area contributed by atoms with E-state index in [4.69, 9.17) is 4.52 Å². The van der Waals surface area contributed by atoms with E-state index < -0.39 is 0 Å². The van der Waals surface area contributed by atoms with Crippen LogP contribution in [-0.4, -0.2) is 22.2 Å². The van der Waals surface area contributed by atoms with Gasteiger partial charge in [0.25, 0.3) is 0 Å². The summed E-state index contributed by atoms with van der Waals surface area (Å²) in [7, 11) is 0. The molecule has 0 bridgehead atoms. The molecule has 1 N–H and O–H groups in total. The Kier molecular flexibility index (Phi) is 3.17. The van der Waals surface area contributed by atoms with Crippen molar-refractivity contribution in [3.63, 3.8) is 0 Å². The van der Waals surface area contributed by atoms with Crippen molar-refractivity contribution in [2.75, 3.05) is 0 Å². The summed E-state index contributed by atoms with van der Waals surface area (Å²) in [5.74, 6) is 0.555. The predicted molar refractivity (Wildman–Crippen MR) is 69.6 cm³/mol. The van der Waals surface area contributed by atoms with Crippen molar-refractivity contribution in [3.05, 3.63) is 42.2 Å². The third kappa shape index (κ3) is 2.58. The van der Waals surface area contributed by atoms with Crippen LogP contribution in [0.4, 0.5) is 0 Å². The zero-order valence-electron chi connectivity index (χ0n) is 10.5. The van der Waals surface area contributed by atoms with Crippen LogP contribution in [0, 0.1) is 5.92 Å². The van der Waals surface area contributed by atoms with E-state index in [1.165, 1.54) is 0 Å². The van der Waals surface area contributed by atoms with E-state index in [0.717, 1.165) is 5.56 Å². The molecule has 1 heterocycles. The Labute approximate surface area is 111 Å². The number of Topliss-reactive ketones (excluding diaryl/α,β-unsaturated/α-hetero) is 1. The van der Waals surface area contributed by atoms with E-state index in [9.17, 15) is 9.90 Å². The first-order chi connectivity index (χ1) is 9.22. The SMILES string of the molecule is O=C(CC1CC(O)C1)c1cc(-c2ccccc2)no1. The van der Waals surface area contributed by atoms with E-state index in [0.29, 0.717) is 30.7 Å². The van der Waals surface area contributed by atoms with Crippen molar-refractivity contribution < 1.29 is 14.4 Å². The number of carbonyl (C=O) groups excluding carboxylic acids is 1. The Bertz CT molecular complexity index is 570. The number of aliphatic hydroxyl groups excluding tert-OH is 1. The van der Waals surface area contributed by atoms with Gasteiger partial charge in [0.2, 0.25) is 11.5 Å². The molecule has 4 nitrogen and oxygen atoms in total. The van der Waals surface area contributed by atoms with Gasteiger partial charge in [-0.05, 0) is 18.8 Å². The zero-order valence-corrected chi connectivity index (χ0v) is 10.5. The largest absolute Gasteiger partial charge is 0.393 e. The lowest BCUT2D eigenvalue weighted by atomic mass is 9.79. The Hall–Kier alpha value is -1.94. The van der Waals surface area contributed by atoms with Crippen LogP contribution in [0.25, 0.3) is 11.3 Å². The molecule has 0 spiro atoms. The van der Waals surface area contributed by atoms with Crippen LogP contribution >= 0.6 is 0 Å². The molecule has 0 unspecified atom stereocenters. The summed E-state index contributed by atoms with van der Waals surface area (Å²) < 4.78 is 5.12. The molecular weight excluding hydrogens is 242 g/mol. The molecule has 1 aromatic carbocycles. The number of carbonyl (C=O) groups is 1. The fraction of sp³-hybridized carbons (Fsp3) is 0.333. The van der Waals surface area contributed by atoms with Crippen molar-refractivity contribution in [2.45, 2.75) is 25.4 Å². The van der Waals surface area contributed by atoms with Crippen molar-refractivity contribution in [2.24, 2.45) is 5.92 Å². The van der Waals surface area contributed by atoms with Gasteiger partial charge in [0.05, 0.1) is 6.10 Å². The summed E-state index contributed by atoms with van der Waals surface area (Å²) in [5.41, 5.74) is 1.61. The standard InChI is InChI=1S/C15H15NO3/c17-12-6-10(7-12)8-14(18)15-9-13(16-19-15)11-4-2-1-3-5-11/h1-5,9-10,12,17H,6-8H2. The van der Waals surface area contributed by atoms with Gasteiger partial charge in [-0.15, -0.1) is 0 Å². The zero-order chi connectivity index (χ0) is 13.2. The quantitative estimate of drug-likeness (QED) is 0.855. The van der Waals surface area contributed by atoms with Crippen molar-refractivity contribution >= 4 is 5.78 Å². The molecule has 0 radical (unpaired) electrons. The monoisotopic (exact) mass is 257 g/mol. The molecule has 0 amide bonds. The van der Waals surface area contributed by atoms with Gasteiger partial charge in [0, 0.05) is 18.1 Å². The fourth-order valence-electron chi connectivity index (χ4n) is 2.38. The summed E-state index contributed by atoms with van der Waals surface area (Å²) >= 11 is 0. The highest BCUT2D eigenvalue weighted by molar-refractivity contribution is 5.94. The molecule has 4 heteroatoms. The van der Waals surface area contributed by atoms with Gasteiger partial charge in [-0.3, -0.25) is 4.79 Å². The summed E-state index contributed by atoms with van der Waals surface area (Å²) in [6, 6.07) is 11.3. The lowest BCUT2D eigenvalue weighted by Gasteiger charge is -2.30. The third-order valence-corrected chi connectivity index (χ3v) is 3.54. The maximum absolute atomic E-state index is 12.0. The number of hydrogen-bond acceptors (Lipinski definition) is 4. The van der Waals surface area contributed by atoms with Crippen molar-refractivity contribution in [1.82, 2.24) is 5.16 Å². The summed E-state index contributed by atoms with van der Waals surface area (Å²) in [4.78, 5) is 12.0. The highest BCUT2D eigenvalue weighted by Crippen LogP contribution is 2.31. The maximum Gasteiger partial charge on any atom is 0.203 e. The summed E-state index contributed by atoms with van der Waals surface area (Å²) in [5, 5.41) is 13.1. The Balaban J connectivity index is 1.69. The molecule has 1 aromatic heterocycles. The molecule has 1 aliphatic carbocycles. The second kappa shape index (κ2) is 4.97. The number of ketones is 1. The van der Waals surface area contributed by atoms with E-state index in [2.05, 4.69) is 5.16 Å². The van der Waals surface area contributed by atoms with Crippen molar-refractivity contribution in [1.29, 1.82) is 0 Å². The molecule has 3 rings (SSSR count). The molecule has 2 aromatic rings. The van der Waals surface area contributed by atoms with Crippen LogP contribution in [0.2, 0.25) is 0 Å². The number of hydrogen-bond donors (Lipinski definition) is 1. The summed E-state index contributed by atoms with van der Waals surface area (Å²) in [6.45, 7) is 0. The minimum absolute atomic E-state index is 0.0356. The first kappa shape index (κ1) is 12.1. The highest BCUT2D eigenvalue weighted by atomic mass is 16.5. The number of benzene rings is 1. The number of aromatic nitrogens is 1. The van der Waals surface area contributed by atoms with E-state index in [1.54, 1.807) is 6.07 Å². The van der Waals surface area contributed by atoms with E-state index in [-0.39, 0.29) is 17.8 Å². The topological polar surface area (TPSA) is 63.3 Å². The van der Waals surface area contributed by atoms with Crippen molar-refractivity contribution in [3.8, 4) is 11.3 Å². The van der Waals surface area contributed by atoms with Gasteiger partial charge < -0.3 is 9.63 Å². The highest BCUT2D eigenvalue weighted by Gasteiger charge is 2.30. The molecule has 0 atom stereocenters. The Morgan fingerprint density at radius 1 is 1.32 bits per heavy atom. The average Bonchev–Trinajstić information content (AvgIpc) is 2.87. The third-order valence-electron chi connectivity index (χ3n) is 3.54. The molecular formula is C15H15NO3. The smallest absolute Gasteiger partial charge is 0.203 e. The van der Waals surface area contributed by atoms with Gasteiger partial charge in [0.1, 0.15) is 5.69 Å². The minimum atomic E-state index is -0.229. The second-order valence-electron chi connectivity index (χ2n) is 5.06. The summed E-state index contributed by atoms with van der Waals surface area (Å²) in [6.07, 6.45) is 1.63. The van der Waals surface area contributed by atoms with E-state index >= 15 is 0 Å². The fourth-order valence-corrected chi connectivity index (χ4v) is 2.38. The van der Waals surface area contributed by atoms with Crippen LogP contribution in [0.3, 0.4) is 0 Å². The normalized spacial score (nSPS) is 21.9. The van der Waals surface area contributed by atoms with Crippen LogP contribution < -0.4 is 0 Å². The van der Waals surface area contributed by atoms with Crippen LogP contribution in [0.1, 0.15) is 29.8 Å². The first-order valence-electron chi connectivity index (χ1n) is 6.46. The molecule has 98 valence electrons. The second-order valence-corrected chi connectivity index (χ2v) is 5.06. The molecule has 1 aliphatic rings. The van der Waals surface area contributed by atoms with Crippen LogP contribution in [0.15, 0.2) is 40.9 Å². The van der Waals surface area contributed by atoms with Gasteiger partial charge in [-0.2, -0.15) is 0 Å². The molecule has 1 fully saturated rings. The number of rotatable bonds is 4. The van der Waals surface area contributed by atoms with Crippen LogP contribution in [-0.2, 0) is 0 Å². The molecule has 1 saturated carbocycles. The molecule has 19 heavy (non-hydrogen) atoms. The lowest BCUT2D eigenvalue weighted by molar-refractivity contribution is 0.0373. The van der Waals surface area contributed by atoms with Gasteiger partial charge in [-0.1, -0.05) is 35.5 Å². The van der Waals surface area contributed by atoms with Gasteiger partial charge in [-0.25, -0.2) is 0 Å². The minimum Gasteiger partial charge on any atom is -0.393 e. The first-order valence-corrected chi connectivity index (χ1v) is 6.46. The van der Waals surface area contributed by atoms with Gasteiger partial charge >= 0.3 is 0 Å². The van der Waals surface area contributed by atoms with Gasteiger partial charge in [0.15, 0.2) is 0 Å². The maximum atomic E-state index is 12.0. The van der Waals surface area contributed by atoms with Crippen LogP contribution in [0.5, 0.6) is 0 Å². The predicted octanol–water partition coefficient (Wildman–Crippen LogP) is 2.69. The lowest BCUT2D eigenvalue weighted by Crippen LogP contribution is -2.29. The van der Waals surface area contributed by atoms with E-state index in [1.807, 2.05) is 30.3 Å². The number of aliphatic hydroxyl groups is 1. The Morgan fingerprint density at radius 2 is 2.05 bits per heavy atom. The number of nitrogens with zero attached hydrogens (tertiary/aromatic N) is 1.